The smallest absolute Gasteiger partial charge is 0.270 e. The van der Waals surface area contributed by atoms with Gasteiger partial charge in [0.05, 0.1) is 5.56 Å². The predicted octanol–water partition coefficient (Wildman–Crippen LogP) is 2.78. The second-order valence-corrected chi connectivity index (χ2v) is 6.33. The molecule has 0 radical (unpaired) electrons. The summed E-state index contributed by atoms with van der Waals surface area (Å²) in [5, 5.41) is 2.34. The van der Waals surface area contributed by atoms with Crippen molar-refractivity contribution in [2.45, 2.75) is 0 Å². The number of carbonyl (C=O) groups is 2. The summed E-state index contributed by atoms with van der Waals surface area (Å²) in [6.07, 6.45) is 2.77. The Hall–Kier alpha value is -2.33. The van der Waals surface area contributed by atoms with E-state index in [2.05, 4.69) is 16.2 Å². The van der Waals surface area contributed by atoms with Crippen molar-refractivity contribution in [2.24, 2.45) is 0 Å². The fourth-order valence-electron chi connectivity index (χ4n) is 1.76. The van der Waals surface area contributed by atoms with E-state index in [9.17, 15) is 14.0 Å². The lowest BCUT2D eigenvalue weighted by Gasteiger charge is -2.10. The van der Waals surface area contributed by atoms with Gasteiger partial charge in [0.1, 0.15) is 5.82 Å². The zero-order valence-corrected chi connectivity index (χ0v) is 15.7. The third-order valence-electron chi connectivity index (χ3n) is 2.94. The number of carbonyl (C=O) groups excluding carboxylic acids is 2. The number of hydrogen-bond acceptors (Lipinski definition) is 3. The lowest BCUT2D eigenvalue weighted by atomic mass is 10.2. The monoisotopic (exact) mass is 469 g/mol. The van der Waals surface area contributed by atoms with Gasteiger partial charge in [0, 0.05) is 9.65 Å². The Kier molecular flexibility index (Phi) is 7.02. The van der Waals surface area contributed by atoms with E-state index in [-0.39, 0.29) is 16.8 Å². The van der Waals surface area contributed by atoms with Crippen LogP contribution in [0.15, 0.2) is 54.6 Å². The molecule has 0 atom stereocenters. The number of thiocarbonyl (C=S) groups is 1. The maximum atomic E-state index is 12.8. The van der Waals surface area contributed by atoms with E-state index in [0.29, 0.717) is 11.1 Å². The highest BCUT2D eigenvalue weighted by atomic mass is 127. The summed E-state index contributed by atoms with van der Waals surface area (Å²) in [4.78, 5) is 23.7. The van der Waals surface area contributed by atoms with Gasteiger partial charge in [-0.25, -0.2) is 4.39 Å². The number of halogens is 2. The van der Waals surface area contributed by atoms with Crippen LogP contribution in [0.3, 0.4) is 0 Å². The Morgan fingerprint density at radius 1 is 1.04 bits per heavy atom. The Morgan fingerprint density at radius 2 is 1.72 bits per heavy atom. The van der Waals surface area contributed by atoms with Crippen LogP contribution in [0.1, 0.15) is 15.9 Å². The molecular weight excluding hydrogens is 456 g/mol. The molecule has 0 spiro atoms. The van der Waals surface area contributed by atoms with Crippen molar-refractivity contribution in [1.29, 1.82) is 0 Å². The van der Waals surface area contributed by atoms with Crippen LogP contribution in [0.2, 0.25) is 0 Å². The number of rotatable bonds is 3. The molecule has 128 valence electrons. The normalized spacial score (nSPS) is 10.3. The first-order valence-electron chi connectivity index (χ1n) is 7.05. The molecular formula is C17H13FIN3O2S. The molecule has 25 heavy (non-hydrogen) atoms. The van der Waals surface area contributed by atoms with E-state index in [1.807, 2.05) is 28.7 Å². The van der Waals surface area contributed by atoms with Gasteiger partial charge in [-0.15, -0.1) is 0 Å². The van der Waals surface area contributed by atoms with Crippen molar-refractivity contribution in [3.05, 3.63) is 75.1 Å². The lowest BCUT2D eigenvalue weighted by molar-refractivity contribution is -0.115. The Balaban J connectivity index is 1.81. The first-order valence-corrected chi connectivity index (χ1v) is 8.54. The molecule has 2 aromatic carbocycles. The SMILES string of the molecule is O=C(C=Cc1ccc(F)cc1)NC(=S)NNC(=O)c1ccccc1I. The van der Waals surface area contributed by atoms with E-state index < -0.39 is 5.91 Å². The number of nitrogens with one attached hydrogen (secondary N) is 3. The summed E-state index contributed by atoms with van der Waals surface area (Å²) in [5.74, 6) is -1.20. The lowest BCUT2D eigenvalue weighted by Crippen LogP contribution is -2.48. The van der Waals surface area contributed by atoms with Gasteiger partial charge >= 0.3 is 0 Å². The van der Waals surface area contributed by atoms with Crippen LogP contribution < -0.4 is 16.2 Å². The second-order valence-electron chi connectivity index (χ2n) is 4.76. The Bertz CT molecular complexity index is 825. The van der Waals surface area contributed by atoms with Crippen LogP contribution in [0.25, 0.3) is 6.08 Å². The van der Waals surface area contributed by atoms with Crippen molar-refractivity contribution in [3.63, 3.8) is 0 Å². The van der Waals surface area contributed by atoms with Gasteiger partial charge in [-0.1, -0.05) is 24.3 Å². The van der Waals surface area contributed by atoms with Crippen LogP contribution in [-0.2, 0) is 4.79 Å². The van der Waals surface area contributed by atoms with Gasteiger partial charge in [0.2, 0.25) is 5.91 Å². The summed E-state index contributed by atoms with van der Waals surface area (Å²) in [6, 6.07) is 12.7. The summed E-state index contributed by atoms with van der Waals surface area (Å²) in [7, 11) is 0. The molecule has 0 unspecified atom stereocenters. The highest BCUT2D eigenvalue weighted by Crippen LogP contribution is 2.10. The average Bonchev–Trinajstić information content (AvgIpc) is 2.59. The van der Waals surface area contributed by atoms with Crippen LogP contribution in [0, 0.1) is 9.39 Å². The first-order chi connectivity index (χ1) is 12.0. The molecule has 0 aromatic heterocycles. The van der Waals surface area contributed by atoms with Crippen LogP contribution >= 0.6 is 34.8 Å². The van der Waals surface area contributed by atoms with Crippen molar-refractivity contribution >= 4 is 57.8 Å². The molecule has 5 nitrogen and oxygen atoms in total. The quantitative estimate of drug-likeness (QED) is 0.280. The van der Waals surface area contributed by atoms with Gasteiger partial charge in [-0.2, -0.15) is 0 Å². The van der Waals surface area contributed by atoms with Crippen LogP contribution in [0.5, 0.6) is 0 Å². The number of amides is 2. The molecule has 0 saturated heterocycles. The number of hydrogen-bond donors (Lipinski definition) is 3. The van der Waals surface area contributed by atoms with Gasteiger partial charge < -0.3 is 0 Å². The minimum atomic E-state index is -0.481. The summed E-state index contributed by atoms with van der Waals surface area (Å²) in [5.41, 5.74) is 6.02. The minimum Gasteiger partial charge on any atom is -0.298 e. The molecule has 8 heteroatoms. The maximum Gasteiger partial charge on any atom is 0.270 e. The number of hydrazine groups is 1. The van der Waals surface area contributed by atoms with Gasteiger partial charge in [-0.05, 0) is 70.7 Å². The predicted molar refractivity (Wildman–Crippen MR) is 106 cm³/mol. The van der Waals surface area contributed by atoms with Gasteiger partial charge in [0.25, 0.3) is 5.91 Å². The molecule has 3 N–H and O–H groups in total. The van der Waals surface area contributed by atoms with Crippen molar-refractivity contribution in [2.75, 3.05) is 0 Å². The molecule has 0 heterocycles. The van der Waals surface area contributed by atoms with E-state index in [4.69, 9.17) is 12.2 Å². The zero-order valence-electron chi connectivity index (χ0n) is 12.8. The molecule has 0 fully saturated rings. The van der Waals surface area contributed by atoms with Crippen molar-refractivity contribution in [1.82, 2.24) is 16.2 Å². The largest absolute Gasteiger partial charge is 0.298 e. The summed E-state index contributed by atoms with van der Waals surface area (Å²) >= 11 is 6.98. The van der Waals surface area contributed by atoms with E-state index >= 15 is 0 Å². The highest BCUT2D eigenvalue weighted by molar-refractivity contribution is 14.1. The molecule has 0 bridgehead atoms. The van der Waals surface area contributed by atoms with E-state index in [1.54, 1.807) is 18.2 Å². The van der Waals surface area contributed by atoms with E-state index in [0.717, 1.165) is 3.57 Å². The van der Waals surface area contributed by atoms with Crippen molar-refractivity contribution < 1.29 is 14.0 Å². The maximum absolute atomic E-state index is 12.8. The molecule has 0 saturated carbocycles. The van der Waals surface area contributed by atoms with Crippen LogP contribution in [-0.4, -0.2) is 16.9 Å². The fraction of sp³-hybridized carbons (Fsp3) is 0. The second kappa shape index (κ2) is 9.23. The molecule has 0 aliphatic carbocycles. The molecule has 2 rings (SSSR count). The summed E-state index contributed by atoms with van der Waals surface area (Å²) in [6.45, 7) is 0. The molecule has 0 aliphatic heterocycles. The summed E-state index contributed by atoms with van der Waals surface area (Å²) < 4.78 is 13.6. The fourth-order valence-corrected chi connectivity index (χ4v) is 2.54. The van der Waals surface area contributed by atoms with Crippen LogP contribution in [0.4, 0.5) is 4.39 Å². The molecule has 0 aliphatic rings. The Morgan fingerprint density at radius 3 is 2.40 bits per heavy atom. The zero-order chi connectivity index (χ0) is 18.2. The van der Waals surface area contributed by atoms with Gasteiger partial charge in [0.15, 0.2) is 5.11 Å². The highest BCUT2D eigenvalue weighted by Gasteiger charge is 2.09. The average molecular weight is 469 g/mol. The standard InChI is InChI=1S/C17H13FIN3O2S/c18-12-8-5-11(6-9-12)7-10-15(23)20-17(25)22-21-16(24)13-3-1-2-4-14(13)19/h1-10H,(H,21,24)(H2,20,22,23,25). The Labute approximate surface area is 162 Å². The van der Waals surface area contributed by atoms with E-state index in [1.165, 1.54) is 36.4 Å². The number of benzene rings is 2. The minimum absolute atomic E-state index is 0.0481. The molecule has 2 aromatic rings. The van der Waals surface area contributed by atoms with Crippen molar-refractivity contribution in [3.8, 4) is 0 Å². The molecule has 2 amide bonds. The topological polar surface area (TPSA) is 70.2 Å². The third-order valence-corrected chi connectivity index (χ3v) is 4.09. The first kappa shape index (κ1) is 19.0. The third kappa shape index (κ3) is 6.24. The van der Waals surface area contributed by atoms with Gasteiger partial charge in [-0.3, -0.25) is 25.8 Å².